The molecule has 1 aromatic carbocycles. The molecule has 0 aliphatic rings. The van der Waals surface area contributed by atoms with Crippen molar-refractivity contribution in [1.29, 1.82) is 5.26 Å². The van der Waals surface area contributed by atoms with Gasteiger partial charge in [0.25, 0.3) is 5.56 Å². The lowest BCUT2D eigenvalue weighted by Gasteiger charge is -2.40. The van der Waals surface area contributed by atoms with E-state index in [1.807, 2.05) is 0 Å². The predicted octanol–water partition coefficient (Wildman–Crippen LogP) is 5.76. The smallest absolute Gasteiger partial charge is 0.310 e. The Morgan fingerprint density at radius 3 is 2.36 bits per heavy atom. The van der Waals surface area contributed by atoms with E-state index in [2.05, 4.69) is 9.97 Å². The van der Waals surface area contributed by atoms with Gasteiger partial charge in [0.2, 0.25) is 5.88 Å². The molecule has 0 spiro atoms. The maximum atomic E-state index is 12.8. The van der Waals surface area contributed by atoms with E-state index < -0.39 is 20.7 Å². The van der Waals surface area contributed by atoms with E-state index in [4.69, 9.17) is 10.00 Å². The molecule has 5 nitrogen and oxygen atoms in total. The highest BCUT2D eigenvalue weighted by molar-refractivity contribution is 8.45. The van der Waals surface area contributed by atoms with E-state index in [1.165, 1.54) is 24.5 Å². The zero-order chi connectivity index (χ0) is 20.6. The summed E-state index contributed by atoms with van der Waals surface area (Å²) < 4.78 is 69.4. The summed E-state index contributed by atoms with van der Waals surface area (Å²) in [7, 11) is -9.77. The monoisotopic (exact) mass is 415 g/mol. The summed E-state index contributed by atoms with van der Waals surface area (Å²) in [5, 5.41) is 8.96. The first kappa shape index (κ1) is 19.4. The normalized spacial score (nSPS) is 13.9. The van der Waals surface area contributed by atoms with Crippen LogP contribution in [-0.4, -0.2) is 9.97 Å². The molecule has 0 fully saturated rings. The zero-order valence-electron chi connectivity index (χ0n) is 13.7. The van der Waals surface area contributed by atoms with E-state index in [1.54, 1.807) is 12.1 Å². The average molecular weight is 415 g/mol. The van der Waals surface area contributed by atoms with Gasteiger partial charge in [0.15, 0.2) is 0 Å². The number of aromatic nitrogens is 2. The van der Waals surface area contributed by atoms with Crippen LogP contribution in [0.5, 0.6) is 11.6 Å². The largest absolute Gasteiger partial charge is 0.438 e. The number of hydrogen-bond acceptors (Lipinski definition) is 4. The third kappa shape index (κ3) is 4.12. The van der Waals surface area contributed by atoms with Crippen molar-refractivity contribution < 1.29 is 24.2 Å². The summed E-state index contributed by atoms with van der Waals surface area (Å²) >= 11 is 0. The van der Waals surface area contributed by atoms with Crippen LogP contribution in [0.2, 0.25) is 0 Å². The highest BCUT2D eigenvalue weighted by Crippen LogP contribution is 3.02. The van der Waals surface area contributed by atoms with Crippen LogP contribution < -0.4 is 10.3 Å². The SMILES string of the molecule is N#Cc1cc(-c2cccnc2Oc2ccc(S(F)(F)(F)(F)F)cc2)c[nH]c1=O. The molecule has 2 heterocycles. The number of ether oxygens (including phenoxy) is 1. The van der Waals surface area contributed by atoms with Crippen LogP contribution >= 0.6 is 10.2 Å². The summed E-state index contributed by atoms with van der Waals surface area (Å²) in [4.78, 5) is 15.8. The average Bonchev–Trinajstić information content (AvgIpc) is 2.61. The van der Waals surface area contributed by atoms with E-state index in [-0.39, 0.29) is 29.3 Å². The minimum Gasteiger partial charge on any atom is -0.438 e. The van der Waals surface area contributed by atoms with Crippen molar-refractivity contribution >= 4 is 10.2 Å². The van der Waals surface area contributed by atoms with E-state index in [0.717, 1.165) is 12.1 Å². The number of H-pyrrole nitrogens is 1. The quantitative estimate of drug-likeness (QED) is 0.550. The molecule has 0 unspecified atom stereocenters. The third-order valence-electron chi connectivity index (χ3n) is 3.59. The van der Waals surface area contributed by atoms with Crippen molar-refractivity contribution in [3.8, 4) is 28.8 Å². The Morgan fingerprint density at radius 1 is 1.07 bits per heavy atom. The van der Waals surface area contributed by atoms with Gasteiger partial charge in [-0.3, -0.25) is 4.79 Å². The van der Waals surface area contributed by atoms with Gasteiger partial charge < -0.3 is 9.72 Å². The van der Waals surface area contributed by atoms with Crippen molar-refractivity contribution in [2.45, 2.75) is 4.90 Å². The maximum Gasteiger partial charge on any atom is 0.310 e. The first-order valence-corrected chi connectivity index (χ1v) is 9.43. The van der Waals surface area contributed by atoms with Gasteiger partial charge >= 0.3 is 10.2 Å². The van der Waals surface area contributed by atoms with Crippen molar-refractivity contribution in [1.82, 2.24) is 9.97 Å². The first-order chi connectivity index (χ1) is 12.9. The Morgan fingerprint density at radius 2 is 1.75 bits per heavy atom. The van der Waals surface area contributed by atoms with E-state index in [9.17, 15) is 24.2 Å². The number of pyridine rings is 2. The number of nitrogens with zero attached hydrogens (tertiary/aromatic N) is 2. The first-order valence-electron chi connectivity index (χ1n) is 7.47. The molecule has 0 saturated carbocycles. The van der Waals surface area contributed by atoms with Gasteiger partial charge in [0.1, 0.15) is 22.3 Å². The molecule has 0 aliphatic carbocycles. The molecule has 0 amide bonds. The fraction of sp³-hybridized carbons (Fsp3) is 0. The molecular weight excluding hydrogens is 405 g/mol. The van der Waals surface area contributed by atoms with Crippen LogP contribution in [0.1, 0.15) is 5.56 Å². The minimum atomic E-state index is -9.77. The van der Waals surface area contributed by atoms with E-state index >= 15 is 0 Å². The number of benzene rings is 1. The molecule has 3 aromatic rings. The number of nitriles is 1. The Bertz CT molecular complexity index is 1150. The number of aromatic amines is 1. The molecule has 3 rings (SSSR count). The standard InChI is InChI=1S/C17H10F5N3O2S/c18-28(19,20,21,22)14-5-3-13(4-6-14)27-17-15(2-1-7-24-17)12-8-11(9-23)16(26)25-10-12/h1-8,10H,(H,25,26). The van der Waals surface area contributed by atoms with E-state index in [0.29, 0.717) is 11.1 Å². The summed E-state index contributed by atoms with van der Waals surface area (Å²) in [5.74, 6) is -0.214. The van der Waals surface area contributed by atoms with Crippen molar-refractivity contribution in [3.63, 3.8) is 0 Å². The van der Waals surface area contributed by atoms with Gasteiger partial charge in [0, 0.05) is 23.5 Å². The molecule has 146 valence electrons. The predicted molar refractivity (Wildman–Crippen MR) is 92.9 cm³/mol. The van der Waals surface area contributed by atoms with Crippen molar-refractivity contribution in [2.24, 2.45) is 0 Å². The fourth-order valence-corrected chi connectivity index (χ4v) is 2.94. The molecule has 1 N–H and O–H groups in total. The van der Waals surface area contributed by atoms with Gasteiger partial charge in [0.05, 0.1) is 0 Å². The molecule has 0 bridgehead atoms. The molecular formula is C17H10F5N3O2S. The molecule has 0 aliphatic heterocycles. The van der Waals surface area contributed by atoms with Gasteiger partial charge in [-0.15, -0.1) is 0 Å². The molecule has 28 heavy (non-hydrogen) atoms. The summed E-state index contributed by atoms with van der Waals surface area (Å²) in [6.45, 7) is 0. The van der Waals surface area contributed by atoms with Crippen LogP contribution in [-0.2, 0) is 0 Å². The van der Waals surface area contributed by atoms with Gasteiger partial charge in [-0.05, 0) is 42.5 Å². The maximum absolute atomic E-state index is 12.8. The highest BCUT2D eigenvalue weighted by Gasteiger charge is 2.65. The molecule has 0 radical (unpaired) electrons. The molecule has 0 saturated heterocycles. The Hall–Kier alpha value is -3.39. The molecule has 2 aromatic heterocycles. The van der Waals surface area contributed by atoms with Gasteiger partial charge in [-0.25, -0.2) is 4.98 Å². The number of hydrogen-bond donors (Lipinski definition) is 1. The molecule has 11 heteroatoms. The van der Waals surface area contributed by atoms with Crippen LogP contribution in [0, 0.1) is 11.3 Å². The number of nitrogens with one attached hydrogen (secondary N) is 1. The van der Waals surface area contributed by atoms with Crippen LogP contribution in [0.25, 0.3) is 11.1 Å². The van der Waals surface area contributed by atoms with Gasteiger partial charge in [-0.1, -0.05) is 19.4 Å². The minimum absolute atomic E-state index is 0.0569. The second-order valence-corrected chi connectivity index (χ2v) is 8.05. The number of rotatable bonds is 4. The highest BCUT2D eigenvalue weighted by atomic mass is 32.5. The second kappa shape index (κ2) is 5.80. The summed E-state index contributed by atoms with van der Waals surface area (Å²) in [5.41, 5.74) is -0.0633. The van der Waals surface area contributed by atoms with Crippen LogP contribution in [0.3, 0.4) is 0 Å². The zero-order valence-corrected chi connectivity index (χ0v) is 14.5. The summed E-state index contributed by atoms with van der Waals surface area (Å²) in [6.07, 6.45) is 2.66. The lowest BCUT2D eigenvalue weighted by atomic mass is 10.1. The van der Waals surface area contributed by atoms with Gasteiger partial charge in [-0.2, -0.15) is 5.26 Å². The lowest BCUT2D eigenvalue weighted by Crippen LogP contribution is -2.09. The van der Waals surface area contributed by atoms with Crippen LogP contribution in [0.15, 0.2) is 64.5 Å². The topological polar surface area (TPSA) is 78.8 Å². The lowest BCUT2D eigenvalue weighted by molar-refractivity contribution is 0.363. The van der Waals surface area contributed by atoms with Crippen molar-refractivity contribution in [2.75, 3.05) is 0 Å². The Kier molecular flexibility index (Phi) is 4.01. The summed E-state index contributed by atoms with van der Waals surface area (Å²) in [6, 6.07) is 8.05. The third-order valence-corrected chi connectivity index (χ3v) is 4.75. The Balaban J connectivity index is 1.98. The van der Waals surface area contributed by atoms with Crippen molar-refractivity contribution in [3.05, 3.63) is 70.8 Å². The fourth-order valence-electron chi connectivity index (χ4n) is 2.29. The number of halogens is 5. The molecule has 0 atom stereocenters. The second-order valence-electron chi connectivity index (χ2n) is 5.64. The Labute approximate surface area is 154 Å². The van der Waals surface area contributed by atoms with Crippen LogP contribution in [0.4, 0.5) is 19.4 Å².